The van der Waals surface area contributed by atoms with Crippen LogP contribution in [0.25, 0.3) is 0 Å². The van der Waals surface area contributed by atoms with E-state index in [4.69, 9.17) is 9.94 Å². The average molecular weight is 310 g/mol. The zero-order valence-electron chi connectivity index (χ0n) is 9.18. The fourth-order valence-corrected chi connectivity index (χ4v) is 1.75. The molecule has 0 aliphatic heterocycles. The van der Waals surface area contributed by atoms with Gasteiger partial charge in [-0.3, -0.25) is 0 Å². The van der Waals surface area contributed by atoms with E-state index in [-0.39, 0.29) is 5.75 Å². The predicted octanol–water partition coefficient (Wildman–Crippen LogP) is 4.19. The molecule has 5 heteroatoms. The minimum atomic E-state index is -0.472. The number of para-hydroxylation sites is 1. The molecule has 18 heavy (non-hydrogen) atoms. The third-order valence-corrected chi connectivity index (χ3v) is 2.72. The number of hydrogen-bond donors (Lipinski definition) is 1. The number of nitrogens with zero attached hydrogens (tertiary/aromatic N) is 1. The lowest BCUT2D eigenvalue weighted by atomic mass is 10.2. The first-order valence-corrected chi connectivity index (χ1v) is 5.89. The highest BCUT2D eigenvalue weighted by Crippen LogP contribution is 2.28. The van der Waals surface area contributed by atoms with Crippen molar-refractivity contribution in [2.75, 3.05) is 0 Å². The molecule has 0 unspecified atom stereocenters. The topological polar surface area (TPSA) is 41.8 Å². The van der Waals surface area contributed by atoms with E-state index in [1.807, 2.05) is 0 Å². The molecule has 0 saturated carbocycles. The Balaban J connectivity index is 2.34. The molecule has 2 aromatic rings. The van der Waals surface area contributed by atoms with Crippen molar-refractivity contribution in [3.63, 3.8) is 0 Å². The van der Waals surface area contributed by atoms with Crippen LogP contribution in [0.5, 0.6) is 11.5 Å². The van der Waals surface area contributed by atoms with E-state index in [1.54, 1.807) is 30.3 Å². The minimum absolute atomic E-state index is 0.108. The van der Waals surface area contributed by atoms with E-state index in [1.165, 1.54) is 18.3 Å². The quantitative estimate of drug-likeness (QED) is 0.525. The van der Waals surface area contributed by atoms with Crippen LogP contribution in [0, 0.1) is 5.82 Å². The maximum atomic E-state index is 13.6. The first-order chi connectivity index (χ1) is 8.70. The highest BCUT2D eigenvalue weighted by Gasteiger charge is 2.07. The van der Waals surface area contributed by atoms with Crippen LogP contribution in [-0.4, -0.2) is 11.4 Å². The molecule has 0 fully saturated rings. The summed E-state index contributed by atoms with van der Waals surface area (Å²) in [6.07, 6.45) is 1.23. The molecular formula is C13H9BrFNO2. The second-order valence-corrected chi connectivity index (χ2v) is 4.37. The molecule has 0 amide bonds. The molecule has 0 aromatic heterocycles. The Hall–Kier alpha value is -1.88. The number of halogens is 2. The highest BCUT2D eigenvalue weighted by atomic mass is 79.9. The molecule has 0 heterocycles. The van der Waals surface area contributed by atoms with Gasteiger partial charge in [0, 0.05) is 10.0 Å². The van der Waals surface area contributed by atoms with Crippen LogP contribution in [0.1, 0.15) is 5.56 Å². The predicted molar refractivity (Wildman–Crippen MR) is 70.0 cm³/mol. The Morgan fingerprint density at radius 2 is 1.94 bits per heavy atom. The van der Waals surface area contributed by atoms with Crippen molar-refractivity contribution in [3.8, 4) is 11.5 Å². The van der Waals surface area contributed by atoms with Gasteiger partial charge in [-0.15, -0.1) is 0 Å². The molecule has 0 radical (unpaired) electrons. The smallest absolute Gasteiger partial charge is 0.166 e. The monoisotopic (exact) mass is 309 g/mol. The molecule has 1 N–H and O–H groups in total. The summed E-state index contributed by atoms with van der Waals surface area (Å²) in [5, 5.41) is 11.5. The molecule has 0 aliphatic carbocycles. The summed E-state index contributed by atoms with van der Waals surface area (Å²) in [6, 6.07) is 11.4. The standard InChI is InChI=1S/C13H9BrFNO2/c14-10-5-6-13(11(15)7-10)18-12-4-2-1-3-9(12)8-16-17/h1-8,17H/b16-8-. The van der Waals surface area contributed by atoms with E-state index in [2.05, 4.69) is 21.1 Å². The zero-order valence-corrected chi connectivity index (χ0v) is 10.8. The lowest BCUT2D eigenvalue weighted by molar-refractivity contribution is 0.321. The Morgan fingerprint density at radius 1 is 1.17 bits per heavy atom. The lowest BCUT2D eigenvalue weighted by Gasteiger charge is -2.09. The Morgan fingerprint density at radius 3 is 2.67 bits per heavy atom. The van der Waals surface area contributed by atoms with Gasteiger partial charge >= 0.3 is 0 Å². The number of ether oxygens (including phenoxy) is 1. The first kappa shape index (κ1) is 12.6. The molecule has 0 saturated heterocycles. The van der Waals surface area contributed by atoms with Gasteiger partial charge < -0.3 is 9.94 Å². The molecule has 0 aliphatic rings. The minimum Gasteiger partial charge on any atom is -0.454 e. The van der Waals surface area contributed by atoms with Crippen LogP contribution in [0.15, 0.2) is 52.1 Å². The van der Waals surface area contributed by atoms with Gasteiger partial charge in [-0.25, -0.2) is 4.39 Å². The summed E-state index contributed by atoms with van der Waals surface area (Å²) in [7, 11) is 0. The molecule has 2 rings (SSSR count). The summed E-state index contributed by atoms with van der Waals surface area (Å²) >= 11 is 3.17. The number of rotatable bonds is 3. The van der Waals surface area contributed by atoms with Crippen LogP contribution in [0.4, 0.5) is 4.39 Å². The van der Waals surface area contributed by atoms with E-state index in [0.717, 1.165) is 0 Å². The zero-order chi connectivity index (χ0) is 13.0. The van der Waals surface area contributed by atoms with Gasteiger partial charge in [0.15, 0.2) is 11.6 Å². The summed E-state index contributed by atoms with van der Waals surface area (Å²) < 4.78 is 19.7. The van der Waals surface area contributed by atoms with Crippen LogP contribution >= 0.6 is 15.9 Å². The molecule has 92 valence electrons. The normalized spacial score (nSPS) is 10.8. The van der Waals surface area contributed by atoms with Crippen molar-refractivity contribution in [1.82, 2.24) is 0 Å². The molecule has 3 nitrogen and oxygen atoms in total. The van der Waals surface area contributed by atoms with Gasteiger partial charge in [0.1, 0.15) is 5.75 Å². The largest absolute Gasteiger partial charge is 0.454 e. The number of benzene rings is 2. The molecule has 0 spiro atoms. The van der Waals surface area contributed by atoms with Crippen LogP contribution < -0.4 is 4.74 Å². The van der Waals surface area contributed by atoms with Gasteiger partial charge in [0.25, 0.3) is 0 Å². The molecule has 0 atom stereocenters. The van der Waals surface area contributed by atoms with E-state index < -0.39 is 5.82 Å². The summed E-state index contributed by atoms with van der Waals surface area (Å²) in [6.45, 7) is 0. The van der Waals surface area contributed by atoms with Gasteiger partial charge in [-0.05, 0) is 30.3 Å². The van der Waals surface area contributed by atoms with Crippen molar-refractivity contribution < 1.29 is 14.3 Å². The van der Waals surface area contributed by atoms with Crippen molar-refractivity contribution in [1.29, 1.82) is 0 Å². The first-order valence-electron chi connectivity index (χ1n) is 5.10. The second-order valence-electron chi connectivity index (χ2n) is 3.46. The second kappa shape index (κ2) is 5.64. The third-order valence-electron chi connectivity index (χ3n) is 2.23. The third kappa shape index (κ3) is 2.87. The Labute approximate surface area is 112 Å². The molecule has 2 aromatic carbocycles. The van der Waals surface area contributed by atoms with Crippen LogP contribution in [0.2, 0.25) is 0 Å². The molecular weight excluding hydrogens is 301 g/mol. The number of hydrogen-bond acceptors (Lipinski definition) is 3. The lowest BCUT2D eigenvalue weighted by Crippen LogP contribution is -1.92. The fraction of sp³-hybridized carbons (Fsp3) is 0. The maximum absolute atomic E-state index is 13.6. The van der Waals surface area contributed by atoms with E-state index >= 15 is 0 Å². The van der Waals surface area contributed by atoms with Crippen molar-refractivity contribution in [3.05, 3.63) is 58.3 Å². The fourth-order valence-electron chi connectivity index (χ4n) is 1.42. The van der Waals surface area contributed by atoms with Crippen molar-refractivity contribution in [2.45, 2.75) is 0 Å². The molecule has 0 bridgehead atoms. The number of oxime groups is 1. The Bertz CT molecular complexity index is 587. The van der Waals surface area contributed by atoms with Crippen LogP contribution in [0.3, 0.4) is 0 Å². The van der Waals surface area contributed by atoms with Gasteiger partial charge in [0.2, 0.25) is 0 Å². The maximum Gasteiger partial charge on any atom is 0.166 e. The van der Waals surface area contributed by atoms with E-state index in [9.17, 15) is 4.39 Å². The summed E-state index contributed by atoms with van der Waals surface area (Å²) in [4.78, 5) is 0. The van der Waals surface area contributed by atoms with Crippen LogP contribution in [-0.2, 0) is 0 Å². The average Bonchev–Trinajstić information content (AvgIpc) is 2.35. The highest BCUT2D eigenvalue weighted by molar-refractivity contribution is 9.10. The van der Waals surface area contributed by atoms with Gasteiger partial charge in [0.05, 0.1) is 6.21 Å². The van der Waals surface area contributed by atoms with Crippen molar-refractivity contribution >= 4 is 22.1 Å². The summed E-state index contributed by atoms with van der Waals surface area (Å²) in [5.41, 5.74) is 0.558. The Kier molecular flexibility index (Phi) is 3.94. The van der Waals surface area contributed by atoms with Gasteiger partial charge in [-0.1, -0.05) is 33.2 Å². The van der Waals surface area contributed by atoms with Gasteiger partial charge in [-0.2, -0.15) is 0 Å². The van der Waals surface area contributed by atoms with E-state index in [0.29, 0.717) is 15.8 Å². The SMILES string of the molecule is O/N=C\c1ccccc1Oc1ccc(Br)cc1F. The van der Waals surface area contributed by atoms with Crippen molar-refractivity contribution in [2.24, 2.45) is 5.16 Å². The summed E-state index contributed by atoms with van der Waals surface area (Å²) in [5.74, 6) is 0.0497.